The van der Waals surface area contributed by atoms with Crippen LogP contribution in [-0.2, 0) is 22.6 Å². The third-order valence-corrected chi connectivity index (χ3v) is 6.95. The van der Waals surface area contributed by atoms with Crippen LogP contribution in [0.4, 0.5) is 4.39 Å². The van der Waals surface area contributed by atoms with Crippen LogP contribution in [-0.4, -0.2) is 34.6 Å². The molecule has 0 spiro atoms. The molecular weight excluding hydrogens is 459 g/mol. The van der Waals surface area contributed by atoms with Crippen LogP contribution in [0.25, 0.3) is 0 Å². The van der Waals surface area contributed by atoms with Crippen molar-refractivity contribution < 1.29 is 14.0 Å². The minimum absolute atomic E-state index is 0.0192. The fraction of sp³-hybridized carbons (Fsp3) is 0.310. The van der Waals surface area contributed by atoms with E-state index in [1.165, 1.54) is 22.7 Å². The number of rotatable bonds is 11. The number of carbonyl (C=O) groups excluding carboxylic acids is 2. The number of hydrogen-bond acceptors (Lipinski definition) is 3. The average molecular weight is 493 g/mol. The zero-order valence-electron chi connectivity index (χ0n) is 20.5. The van der Waals surface area contributed by atoms with E-state index in [-0.39, 0.29) is 30.2 Å². The van der Waals surface area contributed by atoms with Gasteiger partial charge in [-0.3, -0.25) is 9.59 Å². The molecule has 0 radical (unpaired) electrons. The summed E-state index contributed by atoms with van der Waals surface area (Å²) in [5, 5.41) is 3.03. The number of hydrogen-bond donors (Lipinski definition) is 1. The van der Waals surface area contributed by atoms with E-state index in [4.69, 9.17) is 0 Å². The van der Waals surface area contributed by atoms with E-state index < -0.39 is 11.9 Å². The van der Waals surface area contributed by atoms with Gasteiger partial charge in [0.15, 0.2) is 0 Å². The van der Waals surface area contributed by atoms with Crippen LogP contribution in [0.1, 0.15) is 37.0 Å². The molecule has 0 fully saturated rings. The van der Waals surface area contributed by atoms with Gasteiger partial charge in [-0.1, -0.05) is 73.2 Å². The minimum Gasteiger partial charge on any atom is -0.352 e. The number of thioether (sulfide) groups is 1. The van der Waals surface area contributed by atoms with Crippen LogP contribution in [0.5, 0.6) is 0 Å². The fourth-order valence-electron chi connectivity index (χ4n) is 3.67. The van der Waals surface area contributed by atoms with Gasteiger partial charge in [-0.25, -0.2) is 4.39 Å². The Balaban J connectivity index is 1.91. The maximum absolute atomic E-state index is 14.6. The number of aryl methyl sites for hydroxylation is 1. The largest absolute Gasteiger partial charge is 0.352 e. The molecule has 0 bridgehead atoms. The van der Waals surface area contributed by atoms with E-state index in [0.717, 1.165) is 22.4 Å². The van der Waals surface area contributed by atoms with Crippen molar-refractivity contribution in [1.29, 1.82) is 0 Å². The SMILES string of the molecule is CC[C@H](C)NC(=O)[C@H](Cc1ccccc1)N(Cc1ccccc1F)C(=O)CSc1ccc(C)cc1. The standard InChI is InChI=1S/C29H33FN2O2S/c1-4-22(3)31-29(34)27(18-23-10-6-5-7-11-23)32(19-24-12-8-9-13-26(24)30)28(33)20-35-25-16-14-21(2)15-17-25/h5-17,22,27H,4,18-20H2,1-3H3,(H,31,34)/t22-,27-/m0/s1. The second-order valence-electron chi connectivity index (χ2n) is 8.74. The Kier molecular flexibility index (Phi) is 9.91. The smallest absolute Gasteiger partial charge is 0.243 e. The first-order valence-corrected chi connectivity index (χ1v) is 12.9. The molecule has 3 aromatic carbocycles. The van der Waals surface area contributed by atoms with E-state index in [2.05, 4.69) is 5.32 Å². The normalized spacial score (nSPS) is 12.6. The molecule has 6 heteroatoms. The van der Waals surface area contributed by atoms with Crippen molar-refractivity contribution in [3.8, 4) is 0 Å². The van der Waals surface area contributed by atoms with Crippen molar-refractivity contribution in [1.82, 2.24) is 10.2 Å². The van der Waals surface area contributed by atoms with Gasteiger partial charge in [-0.2, -0.15) is 0 Å². The Labute approximate surface area is 211 Å². The predicted molar refractivity (Wildman–Crippen MR) is 141 cm³/mol. The van der Waals surface area contributed by atoms with Crippen molar-refractivity contribution in [2.75, 3.05) is 5.75 Å². The second-order valence-corrected chi connectivity index (χ2v) is 9.79. The first-order chi connectivity index (χ1) is 16.9. The molecule has 2 amide bonds. The summed E-state index contributed by atoms with van der Waals surface area (Å²) in [5.74, 6) is -0.677. The number of carbonyl (C=O) groups is 2. The number of benzene rings is 3. The Bertz CT molecular complexity index is 1110. The van der Waals surface area contributed by atoms with Gasteiger partial charge in [0.05, 0.1) is 5.75 Å². The van der Waals surface area contributed by atoms with Gasteiger partial charge in [0.1, 0.15) is 11.9 Å². The fourth-order valence-corrected chi connectivity index (χ4v) is 4.45. The molecule has 0 aliphatic carbocycles. The van der Waals surface area contributed by atoms with Gasteiger partial charge >= 0.3 is 0 Å². The van der Waals surface area contributed by atoms with E-state index in [0.29, 0.717) is 12.0 Å². The molecule has 2 atom stereocenters. The summed E-state index contributed by atoms with van der Waals surface area (Å²) in [6.07, 6.45) is 1.12. The van der Waals surface area contributed by atoms with Crippen molar-refractivity contribution in [3.05, 3.63) is 101 Å². The lowest BCUT2D eigenvalue weighted by Gasteiger charge is -2.32. The maximum atomic E-state index is 14.6. The monoisotopic (exact) mass is 492 g/mol. The molecular formula is C29H33FN2O2S. The first-order valence-electron chi connectivity index (χ1n) is 11.9. The van der Waals surface area contributed by atoms with Gasteiger partial charge in [-0.15, -0.1) is 11.8 Å². The molecule has 0 aliphatic heterocycles. The molecule has 0 saturated carbocycles. The Morgan fingerprint density at radius 1 is 0.971 bits per heavy atom. The van der Waals surface area contributed by atoms with Gasteiger partial charge in [-0.05, 0) is 44.0 Å². The Morgan fingerprint density at radius 3 is 2.29 bits per heavy atom. The number of nitrogens with zero attached hydrogens (tertiary/aromatic N) is 1. The van der Waals surface area contributed by atoms with Crippen molar-refractivity contribution in [2.24, 2.45) is 0 Å². The van der Waals surface area contributed by atoms with E-state index in [1.54, 1.807) is 18.2 Å². The van der Waals surface area contributed by atoms with Crippen LogP contribution < -0.4 is 5.32 Å². The Morgan fingerprint density at radius 2 is 1.63 bits per heavy atom. The van der Waals surface area contributed by atoms with E-state index in [9.17, 15) is 14.0 Å². The third kappa shape index (κ3) is 7.96. The third-order valence-electron chi connectivity index (χ3n) is 5.95. The van der Waals surface area contributed by atoms with Crippen LogP contribution >= 0.6 is 11.8 Å². The van der Waals surface area contributed by atoms with Gasteiger partial charge in [0.25, 0.3) is 0 Å². The van der Waals surface area contributed by atoms with Crippen molar-refractivity contribution in [2.45, 2.75) is 57.1 Å². The summed E-state index contributed by atoms with van der Waals surface area (Å²) in [4.78, 5) is 29.5. The summed E-state index contributed by atoms with van der Waals surface area (Å²) in [7, 11) is 0. The lowest BCUT2D eigenvalue weighted by Crippen LogP contribution is -2.52. The maximum Gasteiger partial charge on any atom is 0.243 e. The highest BCUT2D eigenvalue weighted by Gasteiger charge is 2.31. The molecule has 0 aromatic heterocycles. The summed E-state index contributed by atoms with van der Waals surface area (Å²) in [5.41, 5.74) is 2.47. The zero-order valence-corrected chi connectivity index (χ0v) is 21.4. The molecule has 1 N–H and O–H groups in total. The minimum atomic E-state index is -0.767. The quantitative estimate of drug-likeness (QED) is 0.345. The second kappa shape index (κ2) is 13.1. The van der Waals surface area contributed by atoms with Crippen LogP contribution in [0.3, 0.4) is 0 Å². The topological polar surface area (TPSA) is 49.4 Å². The highest BCUT2D eigenvalue weighted by atomic mass is 32.2. The molecule has 3 aromatic rings. The summed E-state index contributed by atoms with van der Waals surface area (Å²) in [6.45, 7) is 5.97. The summed E-state index contributed by atoms with van der Waals surface area (Å²) >= 11 is 1.42. The molecule has 4 nitrogen and oxygen atoms in total. The van der Waals surface area contributed by atoms with Crippen LogP contribution in [0, 0.1) is 12.7 Å². The molecule has 0 saturated heterocycles. The average Bonchev–Trinajstić information content (AvgIpc) is 2.87. The molecule has 0 heterocycles. The molecule has 0 unspecified atom stereocenters. The number of halogens is 1. The van der Waals surface area contributed by atoms with Crippen molar-refractivity contribution in [3.63, 3.8) is 0 Å². The number of amides is 2. The van der Waals surface area contributed by atoms with Gasteiger partial charge in [0, 0.05) is 29.5 Å². The number of nitrogens with one attached hydrogen (secondary N) is 1. The lowest BCUT2D eigenvalue weighted by atomic mass is 10.0. The Hall–Kier alpha value is -3.12. The van der Waals surface area contributed by atoms with Crippen LogP contribution in [0.2, 0.25) is 0 Å². The lowest BCUT2D eigenvalue weighted by molar-refractivity contribution is -0.139. The van der Waals surface area contributed by atoms with Gasteiger partial charge < -0.3 is 10.2 Å². The molecule has 35 heavy (non-hydrogen) atoms. The first kappa shape index (κ1) is 26.5. The highest BCUT2D eigenvalue weighted by molar-refractivity contribution is 8.00. The van der Waals surface area contributed by atoms with Crippen LogP contribution in [0.15, 0.2) is 83.8 Å². The molecule has 0 aliphatic rings. The highest BCUT2D eigenvalue weighted by Crippen LogP contribution is 2.22. The summed E-state index contributed by atoms with van der Waals surface area (Å²) in [6, 6.07) is 23.2. The predicted octanol–water partition coefficient (Wildman–Crippen LogP) is 5.78. The molecule has 184 valence electrons. The van der Waals surface area contributed by atoms with Crippen molar-refractivity contribution >= 4 is 23.6 Å². The van der Waals surface area contributed by atoms with Gasteiger partial charge in [0.2, 0.25) is 11.8 Å². The summed E-state index contributed by atoms with van der Waals surface area (Å²) < 4.78 is 14.6. The molecule has 3 rings (SSSR count). The van der Waals surface area contributed by atoms with E-state index in [1.807, 2.05) is 75.4 Å². The zero-order chi connectivity index (χ0) is 25.2. The van der Waals surface area contributed by atoms with E-state index >= 15 is 0 Å².